The second-order valence-electron chi connectivity index (χ2n) is 5.35. The molecule has 0 radical (unpaired) electrons. The number of fused-ring (bicyclic) bond motifs is 1. The highest BCUT2D eigenvalue weighted by Gasteiger charge is 2.17. The molecule has 1 N–H and O–H groups in total. The summed E-state index contributed by atoms with van der Waals surface area (Å²) >= 11 is 0. The van der Waals surface area contributed by atoms with Gasteiger partial charge in [-0.05, 0) is 25.0 Å². The molecule has 5 nitrogen and oxygen atoms in total. The van der Waals surface area contributed by atoms with Crippen LogP contribution in [0.5, 0.6) is 0 Å². The van der Waals surface area contributed by atoms with Gasteiger partial charge >= 0.3 is 0 Å². The van der Waals surface area contributed by atoms with Gasteiger partial charge in [0.2, 0.25) is 0 Å². The molecule has 0 saturated heterocycles. The monoisotopic (exact) mass is 303 g/mol. The van der Waals surface area contributed by atoms with E-state index in [2.05, 4.69) is 19.2 Å². The van der Waals surface area contributed by atoms with Crippen LogP contribution in [0.4, 0.5) is 0 Å². The third-order valence-electron chi connectivity index (χ3n) is 3.76. The van der Waals surface area contributed by atoms with Crippen LogP contribution in [-0.4, -0.2) is 29.8 Å². The summed E-state index contributed by atoms with van der Waals surface area (Å²) in [6.07, 6.45) is 1.78. The summed E-state index contributed by atoms with van der Waals surface area (Å²) < 4.78 is 6.91. The number of hydrogen-bond donors (Lipinski definition) is 1. The smallest absolute Gasteiger partial charge is 0.261 e. The van der Waals surface area contributed by atoms with Gasteiger partial charge in [0.1, 0.15) is 5.82 Å². The average Bonchev–Trinajstić information content (AvgIpc) is 2.54. The van der Waals surface area contributed by atoms with Crippen molar-refractivity contribution < 1.29 is 4.74 Å². The number of methoxy groups -OCH3 is 1. The van der Waals surface area contributed by atoms with Crippen molar-refractivity contribution >= 4 is 10.9 Å². The molecule has 22 heavy (non-hydrogen) atoms. The molecule has 0 fully saturated rings. The summed E-state index contributed by atoms with van der Waals surface area (Å²) in [4.78, 5) is 17.5. The number of ether oxygens (including phenoxy) is 1. The third-order valence-corrected chi connectivity index (χ3v) is 3.76. The van der Waals surface area contributed by atoms with Crippen LogP contribution in [0, 0.1) is 0 Å². The van der Waals surface area contributed by atoms with Crippen molar-refractivity contribution in [2.24, 2.45) is 0 Å². The number of benzene rings is 1. The van der Waals surface area contributed by atoms with E-state index in [9.17, 15) is 4.79 Å². The van der Waals surface area contributed by atoms with E-state index in [1.807, 2.05) is 28.8 Å². The topological polar surface area (TPSA) is 56.1 Å². The van der Waals surface area contributed by atoms with Crippen LogP contribution < -0.4 is 10.9 Å². The van der Waals surface area contributed by atoms with E-state index in [1.165, 1.54) is 0 Å². The van der Waals surface area contributed by atoms with E-state index >= 15 is 0 Å². The lowest BCUT2D eigenvalue weighted by Crippen LogP contribution is -2.33. The standard InChI is InChI=1S/C17H25N3O2/c1-4-11-20-16(14(5-2)18-10-12-22-3)19-15-9-7-6-8-13(15)17(20)21/h6-9,14,18H,4-5,10-12H2,1-3H3/t14-/m0/s1. The van der Waals surface area contributed by atoms with Crippen LogP contribution in [0.15, 0.2) is 29.1 Å². The second kappa shape index (κ2) is 8.06. The quantitative estimate of drug-likeness (QED) is 0.761. The van der Waals surface area contributed by atoms with Crippen molar-refractivity contribution in [3.8, 4) is 0 Å². The molecule has 0 amide bonds. The fourth-order valence-corrected chi connectivity index (χ4v) is 2.64. The van der Waals surface area contributed by atoms with Crippen LogP contribution in [0.3, 0.4) is 0 Å². The van der Waals surface area contributed by atoms with Crippen molar-refractivity contribution in [2.45, 2.75) is 39.3 Å². The van der Waals surface area contributed by atoms with Crippen LogP contribution in [0.25, 0.3) is 10.9 Å². The highest BCUT2D eigenvalue weighted by molar-refractivity contribution is 5.77. The zero-order valence-electron chi connectivity index (χ0n) is 13.6. The highest BCUT2D eigenvalue weighted by Crippen LogP contribution is 2.17. The second-order valence-corrected chi connectivity index (χ2v) is 5.35. The van der Waals surface area contributed by atoms with Crippen molar-refractivity contribution in [1.82, 2.24) is 14.9 Å². The molecule has 0 unspecified atom stereocenters. The first kappa shape index (κ1) is 16.6. The SMILES string of the molecule is CCCn1c([C@H](CC)NCCOC)nc2ccccc2c1=O. The molecular weight excluding hydrogens is 278 g/mol. The molecule has 5 heteroatoms. The molecule has 0 aliphatic heterocycles. The molecule has 2 rings (SSSR count). The Morgan fingerprint density at radius 3 is 2.77 bits per heavy atom. The Morgan fingerprint density at radius 2 is 2.09 bits per heavy atom. The van der Waals surface area contributed by atoms with E-state index in [-0.39, 0.29) is 11.6 Å². The molecule has 1 aromatic carbocycles. The lowest BCUT2D eigenvalue weighted by atomic mass is 10.1. The minimum absolute atomic E-state index is 0.0504. The molecule has 1 atom stereocenters. The van der Waals surface area contributed by atoms with Crippen molar-refractivity contribution in [3.63, 3.8) is 0 Å². The minimum Gasteiger partial charge on any atom is -0.383 e. The molecule has 2 aromatic rings. The van der Waals surface area contributed by atoms with Crippen LogP contribution in [-0.2, 0) is 11.3 Å². The molecule has 1 aromatic heterocycles. The fraction of sp³-hybridized carbons (Fsp3) is 0.529. The first-order valence-electron chi connectivity index (χ1n) is 7.94. The summed E-state index contributed by atoms with van der Waals surface area (Å²) in [5.74, 6) is 0.823. The Hall–Kier alpha value is -1.72. The molecule has 0 aliphatic rings. The van der Waals surface area contributed by atoms with Crippen LogP contribution >= 0.6 is 0 Å². The first-order valence-corrected chi connectivity index (χ1v) is 7.94. The van der Waals surface area contributed by atoms with Gasteiger partial charge in [0.05, 0.1) is 23.6 Å². The Kier molecular flexibility index (Phi) is 6.10. The van der Waals surface area contributed by atoms with Gasteiger partial charge in [-0.15, -0.1) is 0 Å². The van der Waals surface area contributed by atoms with Gasteiger partial charge in [-0.25, -0.2) is 4.98 Å². The predicted octanol–water partition coefficient (Wildman–Crippen LogP) is 2.49. The average molecular weight is 303 g/mol. The van der Waals surface area contributed by atoms with E-state index < -0.39 is 0 Å². The Balaban J connectivity index is 2.49. The van der Waals surface area contributed by atoms with Gasteiger partial charge in [-0.3, -0.25) is 9.36 Å². The summed E-state index contributed by atoms with van der Waals surface area (Å²) in [7, 11) is 1.68. The molecule has 1 heterocycles. The largest absolute Gasteiger partial charge is 0.383 e. The van der Waals surface area contributed by atoms with Gasteiger partial charge in [-0.1, -0.05) is 26.0 Å². The summed E-state index contributed by atoms with van der Waals surface area (Å²) in [5, 5.41) is 4.12. The maximum absolute atomic E-state index is 12.8. The molecular formula is C17H25N3O2. The van der Waals surface area contributed by atoms with Gasteiger partial charge in [0, 0.05) is 20.2 Å². The lowest BCUT2D eigenvalue weighted by molar-refractivity contribution is 0.194. The number of para-hydroxylation sites is 1. The first-order chi connectivity index (χ1) is 10.7. The number of rotatable bonds is 8. The normalized spacial score (nSPS) is 12.7. The maximum Gasteiger partial charge on any atom is 0.261 e. The van der Waals surface area contributed by atoms with Crippen molar-refractivity contribution in [2.75, 3.05) is 20.3 Å². The van der Waals surface area contributed by atoms with Crippen LogP contribution in [0.2, 0.25) is 0 Å². The zero-order chi connectivity index (χ0) is 15.9. The molecule has 0 aliphatic carbocycles. The van der Waals surface area contributed by atoms with E-state index in [4.69, 9.17) is 9.72 Å². The third kappa shape index (κ3) is 3.54. The van der Waals surface area contributed by atoms with Crippen molar-refractivity contribution in [1.29, 1.82) is 0 Å². The van der Waals surface area contributed by atoms with E-state index in [0.29, 0.717) is 18.5 Å². The van der Waals surface area contributed by atoms with Gasteiger partial charge < -0.3 is 10.1 Å². The summed E-state index contributed by atoms with van der Waals surface area (Å²) in [6, 6.07) is 7.61. The predicted molar refractivity (Wildman–Crippen MR) is 89.2 cm³/mol. The highest BCUT2D eigenvalue weighted by atomic mass is 16.5. The number of aromatic nitrogens is 2. The van der Waals surface area contributed by atoms with E-state index in [0.717, 1.165) is 30.7 Å². The Morgan fingerprint density at radius 1 is 1.32 bits per heavy atom. The number of hydrogen-bond acceptors (Lipinski definition) is 4. The van der Waals surface area contributed by atoms with Gasteiger partial charge in [0.15, 0.2) is 0 Å². The molecule has 0 saturated carbocycles. The molecule has 120 valence electrons. The van der Waals surface area contributed by atoms with Gasteiger partial charge in [-0.2, -0.15) is 0 Å². The fourth-order valence-electron chi connectivity index (χ4n) is 2.64. The number of nitrogens with one attached hydrogen (secondary N) is 1. The molecule has 0 bridgehead atoms. The zero-order valence-corrected chi connectivity index (χ0v) is 13.6. The summed E-state index contributed by atoms with van der Waals surface area (Å²) in [5.41, 5.74) is 0.816. The lowest BCUT2D eigenvalue weighted by Gasteiger charge is -2.21. The Bertz CT molecular complexity index is 666. The number of nitrogens with zero attached hydrogens (tertiary/aromatic N) is 2. The van der Waals surface area contributed by atoms with Crippen molar-refractivity contribution in [3.05, 3.63) is 40.4 Å². The minimum atomic E-state index is 0.0504. The van der Waals surface area contributed by atoms with Crippen LogP contribution in [0.1, 0.15) is 38.6 Å². The molecule has 0 spiro atoms. The van der Waals surface area contributed by atoms with E-state index in [1.54, 1.807) is 7.11 Å². The maximum atomic E-state index is 12.8. The summed E-state index contributed by atoms with van der Waals surface area (Å²) in [6.45, 7) is 6.24. The Labute approximate surface area is 131 Å². The van der Waals surface area contributed by atoms with Gasteiger partial charge in [0.25, 0.3) is 5.56 Å².